The van der Waals surface area contributed by atoms with Crippen LogP contribution in [0.5, 0.6) is 0 Å². The van der Waals surface area contributed by atoms with Crippen molar-refractivity contribution in [2.24, 2.45) is 0 Å². The molecule has 4 N–H and O–H groups in total. The summed E-state index contributed by atoms with van der Waals surface area (Å²) in [5, 5.41) is 39.5. The number of rotatable bonds is 5. The van der Waals surface area contributed by atoms with E-state index in [4.69, 9.17) is 4.74 Å². The van der Waals surface area contributed by atoms with Gasteiger partial charge < -0.3 is 25.2 Å². The van der Waals surface area contributed by atoms with Gasteiger partial charge in [-0.05, 0) is 29.7 Å². The molecule has 0 bridgehead atoms. The van der Waals surface area contributed by atoms with E-state index < -0.39 is 37.1 Å². The summed E-state index contributed by atoms with van der Waals surface area (Å²) in [5.74, 6) is 0. The zero-order valence-electron chi connectivity index (χ0n) is 14.1. The largest absolute Gasteiger partial charge is 0.394 e. The highest BCUT2D eigenvalue weighted by molar-refractivity contribution is 7.12. The van der Waals surface area contributed by atoms with Gasteiger partial charge in [-0.1, -0.05) is 31.2 Å². The van der Waals surface area contributed by atoms with Gasteiger partial charge in [0.1, 0.15) is 30.5 Å². The summed E-state index contributed by atoms with van der Waals surface area (Å²) in [5.41, 5.74) is 1.81. The highest BCUT2D eigenvalue weighted by Gasteiger charge is 2.43. The van der Waals surface area contributed by atoms with E-state index >= 15 is 0 Å². The molecule has 0 aliphatic carbocycles. The predicted molar refractivity (Wildman–Crippen MR) is 95.7 cm³/mol. The summed E-state index contributed by atoms with van der Waals surface area (Å²) in [7, 11) is 0. The molecule has 5 atom stereocenters. The normalized spacial score (nSPS) is 29.7. The van der Waals surface area contributed by atoms with Crippen LogP contribution < -0.4 is 0 Å². The van der Waals surface area contributed by atoms with Crippen LogP contribution in [0.25, 0.3) is 0 Å². The molecule has 0 saturated carbocycles. The number of thiophene rings is 1. The molecule has 6 heteroatoms. The molecule has 3 rings (SSSR count). The van der Waals surface area contributed by atoms with E-state index in [1.807, 2.05) is 24.3 Å². The number of benzene rings is 1. The highest BCUT2D eigenvalue weighted by Crippen LogP contribution is 2.33. The molecular formula is C19H24O5S. The summed E-state index contributed by atoms with van der Waals surface area (Å²) in [4.78, 5) is 2.61. The quantitative estimate of drug-likeness (QED) is 0.644. The van der Waals surface area contributed by atoms with Crippen molar-refractivity contribution < 1.29 is 25.2 Å². The number of aliphatic hydroxyl groups excluding tert-OH is 4. The topological polar surface area (TPSA) is 90.2 Å². The van der Waals surface area contributed by atoms with Crippen LogP contribution in [0, 0.1) is 0 Å². The van der Waals surface area contributed by atoms with Crippen LogP contribution in [0.4, 0.5) is 0 Å². The second kappa shape index (κ2) is 7.95. The van der Waals surface area contributed by atoms with Crippen molar-refractivity contribution in [3.63, 3.8) is 0 Å². The van der Waals surface area contributed by atoms with Crippen molar-refractivity contribution in [3.05, 3.63) is 57.3 Å². The first-order valence-electron chi connectivity index (χ1n) is 8.50. The van der Waals surface area contributed by atoms with Gasteiger partial charge in [-0.3, -0.25) is 0 Å². The van der Waals surface area contributed by atoms with Gasteiger partial charge in [-0.25, -0.2) is 0 Å². The number of aryl methyl sites for hydroxylation is 1. The fraction of sp³-hybridized carbons (Fsp3) is 0.474. The Kier molecular flexibility index (Phi) is 5.89. The van der Waals surface area contributed by atoms with Gasteiger partial charge in [0.05, 0.1) is 6.61 Å². The minimum Gasteiger partial charge on any atom is -0.394 e. The zero-order chi connectivity index (χ0) is 18.0. The Labute approximate surface area is 151 Å². The molecule has 1 aromatic carbocycles. The predicted octanol–water partition coefficient (Wildman–Crippen LogP) is 1.42. The number of hydrogen-bond acceptors (Lipinski definition) is 6. The molecule has 25 heavy (non-hydrogen) atoms. The van der Waals surface area contributed by atoms with Crippen LogP contribution in [0.15, 0.2) is 36.4 Å². The van der Waals surface area contributed by atoms with Gasteiger partial charge in [0, 0.05) is 16.2 Å². The number of ether oxygens (including phenoxy) is 1. The molecule has 0 radical (unpaired) electrons. The molecule has 1 aliphatic heterocycles. The third kappa shape index (κ3) is 3.95. The Morgan fingerprint density at radius 1 is 1.00 bits per heavy atom. The SMILES string of the molecule is CCc1ccc(Cc2cccc([C@@H]3OC(CO)[C@@H](O)C(O)[C@H]3O)c2)s1. The lowest BCUT2D eigenvalue weighted by atomic mass is 9.90. The average molecular weight is 364 g/mol. The van der Waals surface area contributed by atoms with E-state index in [1.54, 1.807) is 11.3 Å². The minimum atomic E-state index is -1.36. The fourth-order valence-electron chi connectivity index (χ4n) is 3.17. The lowest BCUT2D eigenvalue weighted by Gasteiger charge is -2.40. The molecule has 1 fully saturated rings. The first kappa shape index (κ1) is 18.5. The number of aliphatic hydroxyl groups is 4. The van der Waals surface area contributed by atoms with Crippen molar-refractivity contribution in [3.8, 4) is 0 Å². The Morgan fingerprint density at radius 3 is 2.44 bits per heavy atom. The Hall–Kier alpha value is -1.28. The monoisotopic (exact) mass is 364 g/mol. The molecule has 2 heterocycles. The van der Waals surface area contributed by atoms with Crippen molar-refractivity contribution in [2.45, 2.75) is 50.3 Å². The summed E-state index contributed by atoms with van der Waals surface area (Å²) in [6.07, 6.45) is -3.81. The van der Waals surface area contributed by atoms with Crippen LogP contribution in [0.1, 0.15) is 33.9 Å². The van der Waals surface area contributed by atoms with E-state index in [1.165, 1.54) is 9.75 Å². The van der Waals surface area contributed by atoms with Crippen molar-refractivity contribution >= 4 is 11.3 Å². The number of hydrogen-bond donors (Lipinski definition) is 4. The molecule has 1 aromatic heterocycles. The third-order valence-electron chi connectivity index (χ3n) is 4.62. The molecule has 2 unspecified atom stereocenters. The third-order valence-corrected chi connectivity index (χ3v) is 5.85. The molecular weight excluding hydrogens is 340 g/mol. The Bertz CT molecular complexity index is 699. The van der Waals surface area contributed by atoms with Gasteiger partial charge in [0.15, 0.2) is 0 Å². The molecule has 1 saturated heterocycles. The maximum absolute atomic E-state index is 10.3. The lowest BCUT2D eigenvalue weighted by Crippen LogP contribution is -2.55. The van der Waals surface area contributed by atoms with Crippen LogP contribution >= 0.6 is 11.3 Å². The minimum absolute atomic E-state index is 0.421. The fourth-order valence-corrected chi connectivity index (χ4v) is 4.16. The molecule has 136 valence electrons. The maximum atomic E-state index is 10.3. The Morgan fingerprint density at radius 2 is 1.76 bits per heavy atom. The molecule has 1 aliphatic rings. The van der Waals surface area contributed by atoms with Crippen LogP contribution in [-0.4, -0.2) is 51.4 Å². The van der Waals surface area contributed by atoms with E-state index in [2.05, 4.69) is 19.1 Å². The lowest BCUT2D eigenvalue weighted by molar-refractivity contribution is -0.231. The second-order valence-corrected chi connectivity index (χ2v) is 7.65. The summed E-state index contributed by atoms with van der Waals surface area (Å²) >= 11 is 1.79. The summed E-state index contributed by atoms with van der Waals surface area (Å²) in [6, 6.07) is 11.9. The second-order valence-electron chi connectivity index (χ2n) is 6.39. The van der Waals surface area contributed by atoms with Crippen molar-refractivity contribution in [1.82, 2.24) is 0 Å². The first-order chi connectivity index (χ1) is 12.0. The van der Waals surface area contributed by atoms with Gasteiger partial charge in [0.2, 0.25) is 0 Å². The smallest absolute Gasteiger partial charge is 0.113 e. The van der Waals surface area contributed by atoms with Crippen LogP contribution in [-0.2, 0) is 17.6 Å². The Balaban J connectivity index is 1.80. The molecule has 2 aromatic rings. The van der Waals surface area contributed by atoms with Crippen molar-refractivity contribution in [2.75, 3.05) is 6.61 Å². The molecule has 5 nitrogen and oxygen atoms in total. The van der Waals surface area contributed by atoms with E-state index in [0.717, 1.165) is 24.0 Å². The highest BCUT2D eigenvalue weighted by atomic mass is 32.1. The van der Waals surface area contributed by atoms with Crippen LogP contribution in [0.2, 0.25) is 0 Å². The first-order valence-corrected chi connectivity index (χ1v) is 9.32. The van der Waals surface area contributed by atoms with E-state index in [9.17, 15) is 20.4 Å². The molecule has 0 amide bonds. The molecule has 0 spiro atoms. The zero-order valence-corrected chi connectivity index (χ0v) is 14.9. The van der Waals surface area contributed by atoms with Gasteiger partial charge in [-0.2, -0.15) is 0 Å². The van der Waals surface area contributed by atoms with E-state index in [0.29, 0.717) is 0 Å². The van der Waals surface area contributed by atoms with Gasteiger partial charge >= 0.3 is 0 Å². The van der Waals surface area contributed by atoms with Crippen LogP contribution in [0.3, 0.4) is 0 Å². The standard InChI is InChI=1S/C19H24O5S/c1-2-13-6-7-14(25-13)9-11-4-3-5-12(8-11)19-18(23)17(22)16(21)15(10-20)24-19/h3-8,15-23H,2,9-10H2,1H3/t15?,16-,17?,18-,19+/m1/s1. The van der Waals surface area contributed by atoms with Crippen molar-refractivity contribution in [1.29, 1.82) is 0 Å². The van der Waals surface area contributed by atoms with Gasteiger partial charge in [-0.15, -0.1) is 11.3 Å². The maximum Gasteiger partial charge on any atom is 0.113 e. The van der Waals surface area contributed by atoms with E-state index in [-0.39, 0.29) is 0 Å². The average Bonchev–Trinajstić information content (AvgIpc) is 3.08. The van der Waals surface area contributed by atoms with Gasteiger partial charge in [0.25, 0.3) is 0 Å². The summed E-state index contributed by atoms with van der Waals surface area (Å²) < 4.78 is 5.64. The summed E-state index contributed by atoms with van der Waals surface area (Å²) in [6.45, 7) is 1.71.